The van der Waals surface area contributed by atoms with Gasteiger partial charge in [-0.05, 0) is 18.2 Å². The summed E-state index contributed by atoms with van der Waals surface area (Å²) in [6.45, 7) is 0. The van der Waals surface area contributed by atoms with Crippen molar-refractivity contribution in [1.82, 2.24) is 9.38 Å². The molecule has 0 saturated heterocycles. The zero-order chi connectivity index (χ0) is 11.7. The minimum Gasteiger partial charge on any atom is -0.478 e. The number of imidazole rings is 1. The largest absolute Gasteiger partial charge is 0.478 e. The highest BCUT2D eigenvalue weighted by molar-refractivity contribution is 6.31. The molecule has 0 amide bonds. The van der Waals surface area contributed by atoms with Crippen molar-refractivity contribution in [2.24, 2.45) is 0 Å². The first-order chi connectivity index (χ1) is 7.58. The van der Waals surface area contributed by atoms with E-state index in [4.69, 9.17) is 16.7 Å². The van der Waals surface area contributed by atoms with E-state index in [0.717, 1.165) is 6.08 Å². The normalized spacial score (nSPS) is 11.4. The standard InChI is InChI=1S/C10H6ClFN2O2/c11-10-7(2-4-9(15)16)14-5-6(12)1-3-8(14)13-10/h1-5H,(H,15,16)/b4-2+. The fraction of sp³-hybridized carbons (Fsp3) is 0. The molecule has 0 aliphatic rings. The number of aliphatic carboxylic acids is 1. The zero-order valence-electron chi connectivity index (χ0n) is 7.89. The van der Waals surface area contributed by atoms with E-state index in [0.29, 0.717) is 11.3 Å². The van der Waals surface area contributed by atoms with E-state index in [9.17, 15) is 9.18 Å². The molecule has 4 nitrogen and oxygen atoms in total. The molecule has 0 unspecified atom stereocenters. The molecule has 0 radical (unpaired) electrons. The second-order valence-electron chi connectivity index (χ2n) is 3.03. The van der Waals surface area contributed by atoms with E-state index in [-0.39, 0.29) is 5.15 Å². The lowest BCUT2D eigenvalue weighted by atomic mass is 10.4. The van der Waals surface area contributed by atoms with Gasteiger partial charge in [0.25, 0.3) is 0 Å². The van der Waals surface area contributed by atoms with Gasteiger partial charge in [0.05, 0.1) is 5.69 Å². The minimum absolute atomic E-state index is 0.128. The molecule has 2 aromatic rings. The first kappa shape index (κ1) is 10.6. The number of aromatic nitrogens is 2. The van der Waals surface area contributed by atoms with E-state index in [1.54, 1.807) is 0 Å². The number of carboxylic acids is 1. The predicted octanol–water partition coefficient (Wildman–Crippen LogP) is 2.22. The lowest BCUT2D eigenvalue weighted by molar-refractivity contribution is -0.131. The van der Waals surface area contributed by atoms with Crippen LogP contribution in [0.2, 0.25) is 5.15 Å². The molecule has 82 valence electrons. The number of hydrogen-bond donors (Lipinski definition) is 1. The van der Waals surface area contributed by atoms with E-state index < -0.39 is 11.8 Å². The van der Waals surface area contributed by atoms with Gasteiger partial charge >= 0.3 is 5.97 Å². The predicted molar refractivity (Wildman–Crippen MR) is 56.8 cm³/mol. The number of halogens is 2. The molecule has 0 saturated carbocycles. The van der Waals surface area contributed by atoms with Crippen LogP contribution in [-0.4, -0.2) is 20.5 Å². The molecule has 0 aliphatic carbocycles. The topological polar surface area (TPSA) is 54.6 Å². The van der Waals surface area contributed by atoms with Gasteiger partial charge in [0, 0.05) is 12.3 Å². The number of rotatable bonds is 2. The Morgan fingerprint density at radius 3 is 3.00 bits per heavy atom. The Labute approximate surface area is 94.6 Å². The Bertz CT molecular complexity index is 592. The molecule has 0 aromatic carbocycles. The molecule has 0 aliphatic heterocycles. The SMILES string of the molecule is O=C(O)/C=C/c1c(Cl)nc2ccc(F)cn12. The fourth-order valence-electron chi connectivity index (χ4n) is 1.31. The lowest BCUT2D eigenvalue weighted by Gasteiger charge is -1.96. The average Bonchev–Trinajstić information content (AvgIpc) is 2.51. The fourth-order valence-corrected chi connectivity index (χ4v) is 1.55. The van der Waals surface area contributed by atoms with E-state index in [1.807, 2.05) is 0 Å². The highest BCUT2D eigenvalue weighted by Crippen LogP contribution is 2.19. The highest BCUT2D eigenvalue weighted by Gasteiger charge is 2.08. The van der Waals surface area contributed by atoms with Crippen molar-refractivity contribution in [2.75, 3.05) is 0 Å². The molecule has 6 heteroatoms. The molecule has 0 spiro atoms. The van der Waals surface area contributed by atoms with Crippen LogP contribution < -0.4 is 0 Å². The Kier molecular flexibility index (Phi) is 2.62. The van der Waals surface area contributed by atoms with Gasteiger partial charge in [-0.15, -0.1) is 0 Å². The Morgan fingerprint density at radius 2 is 2.31 bits per heavy atom. The summed E-state index contributed by atoms with van der Waals surface area (Å²) in [5, 5.41) is 8.62. The lowest BCUT2D eigenvalue weighted by Crippen LogP contribution is -1.91. The van der Waals surface area contributed by atoms with Crippen molar-refractivity contribution in [1.29, 1.82) is 0 Å². The van der Waals surface area contributed by atoms with Crippen LogP contribution in [-0.2, 0) is 4.79 Å². The number of carboxylic acid groups (broad SMARTS) is 1. The van der Waals surface area contributed by atoms with Crippen LogP contribution >= 0.6 is 11.6 Å². The van der Waals surface area contributed by atoms with Gasteiger partial charge in [-0.2, -0.15) is 0 Å². The molecular formula is C10H6ClFN2O2. The summed E-state index contributed by atoms with van der Waals surface area (Å²) in [6.07, 6.45) is 3.38. The molecule has 0 atom stereocenters. The second kappa shape index (κ2) is 3.94. The van der Waals surface area contributed by atoms with Crippen molar-refractivity contribution >= 4 is 29.3 Å². The summed E-state index contributed by atoms with van der Waals surface area (Å²) in [5.41, 5.74) is 0.787. The molecule has 2 heterocycles. The minimum atomic E-state index is -1.11. The number of carbonyl (C=O) groups is 1. The smallest absolute Gasteiger partial charge is 0.328 e. The molecule has 2 aromatic heterocycles. The van der Waals surface area contributed by atoms with Gasteiger partial charge < -0.3 is 5.11 Å². The molecule has 16 heavy (non-hydrogen) atoms. The van der Waals surface area contributed by atoms with Crippen molar-refractivity contribution in [3.63, 3.8) is 0 Å². The maximum atomic E-state index is 13.0. The summed E-state index contributed by atoms with van der Waals surface area (Å²) < 4.78 is 14.4. The number of fused-ring (bicyclic) bond motifs is 1. The van der Waals surface area contributed by atoms with E-state index in [1.165, 1.54) is 28.8 Å². The molecule has 1 N–H and O–H groups in total. The van der Waals surface area contributed by atoms with Gasteiger partial charge in [0.2, 0.25) is 0 Å². The van der Waals surface area contributed by atoms with Crippen LogP contribution in [0.3, 0.4) is 0 Å². The van der Waals surface area contributed by atoms with Crippen molar-refractivity contribution in [2.45, 2.75) is 0 Å². The Balaban J connectivity index is 2.62. The molecule has 0 bridgehead atoms. The van der Waals surface area contributed by atoms with Gasteiger partial charge in [-0.1, -0.05) is 11.6 Å². The molecule has 0 fully saturated rings. The third-order valence-corrected chi connectivity index (χ3v) is 2.24. The maximum Gasteiger partial charge on any atom is 0.328 e. The van der Waals surface area contributed by atoms with Crippen molar-refractivity contribution < 1.29 is 14.3 Å². The van der Waals surface area contributed by atoms with Gasteiger partial charge in [-0.25, -0.2) is 14.2 Å². The number of nitrogens with zero attached hydrogens (tertiary/aromatic N) is 2. The number of pyridine rings is 1. The van der Waals surface area contributed by atoms with Crippen LogP contribution in [0.15, 0.2) is 24.4 Å². The summed E-state index contributed by atoms with van der Waals surface area (Å²) in [5.74, 6) is -1.56. The monoisotopic (exact) mass is 240 g/mol. The van der Waals surface area contributed by atoms with Gasteiger partial charge in [0.1, 0.15) is 11.5 Å². The Morgan fingerprint density at radius 1 is 1.56 bits per heavy atom. The Hall–Kier alpha value is -1.88. The maximum absolute atomic E-state index is 13.0. The van der Waals surface area contributed by atoms with Gasteiger partial charge in [-0.3, -0.25) is 4.40 Å². The summed E-state index contributed by atoms with van der Waals surface area (Å²) in [4.78, 5) is 14.3. The third-order valence-electron chi connectivity index (χ3n) is 1.96. The first-order valence-corrected chi connectivity index (χ1v) is 4.70. The second-order valence-corrected chi connectivity index (χ2v) is 3.39. The molecular weight excluding hydrogens is 235 g/mol. The number of hydrogen-bond acceptors (Lipinski definition) is 2. The third kappa shape index (κ3) is 1.90. The quantitative estimate of drug-likeness (QED) is 0.819. The van der Waals surface area contributed by atoms with E-state index >= 15 is 0 Å². The molecule has 2 rings (SSSR count). The average molecular weight is 241 g/mol. The van der Waals surface area contributed by atoms with Crippen LogP contribution in [0.1, 0.15) is 5.69 Å². The summed E-state index contributed by atoms with van der Waals surface area (Å²) >= 11 is 5.80. The van der Waals surface area contributed by atoms with Crippen molar-refractivity contribution in [3.8, 4) is 0 Å². The zero-order valence-corrected chi connectivity index (χ0v) is 8.65. The van der Waals surface area contributed by atoms with Crippen molar-refractivity contribution in [3.05, 3.63) is 41.1 Å². The first-order valence-electron chi connectivity index (χ1n) is 4.32. The van der Waals surface area contributed by atoms with E-state index in [2.05, 4.69) is 4.98 Å². The van der Waals surface area contributed by atoms with Gasteiger partial charge in [0.15, 0.2) is 5.15 Å². The summed E-state index contributed by atoms with van der Waals surface area (Å²) in [7, 11) is 0. The summed E-state index contributed by atoms with van der Waals surface area (Å²) in [6, 6.07) is 2.71. The van der Waals surface area contributed by atoms with Crippen LogP contribution in [0.5, 0.6) is 0 Å². The van der Waals surface area contributed by atoms with Crippen LogP contribution in [0.25, 0.3) is 11.7 Å². The highest BCUT2D eigenvalue weighted by atomic mass is 35.5. The van der Waals surface area contributed by atoms with Crippen LogP contribution in [0, 0.1) is 5.82 Å². The van der Waals surface area contributed by atoms with Crippen LogP contribution in [0.4, 0.5) is 4.39 Å².